The van der Waals surface area contributed by atoms with E-state index in [1.165, 1.54) is 0 Å². The Morgan fingerprint density at radius 3 is 3.00 bits per heavy atom. The summed E-state index contributed by atoms with van der Waals surface area (Å²) >= 11 is 2.36. The fourth-order valence-corrected chi connectivity index (χ4v) is 2.33. The molecule has 0 saturated carbocycles. The lowest BCUT2D eigenvalue weighted by atomic mass is 10.3. The van der Waals surface area contributed by atoms with Gasteiger partial charge in [-0.25, -0.2) is 0 Å². The second-order valence-electron chi connectivity index (χ2n) is 2.62. The summed E-state index contributed by atoms with van der Waals surface area (Å²) in [5.74, 6) is 0. The largest absolute Gasteiger partial charge is 0.593 e. The van der Waals surface area contributed by atoms with Gasteiger partial charge in [0.15, 0.2) is 0 Å². The number of hydrogen-bond acceptors (Lipinski definition) is 2. The van der Waals surface area contributed by atoms with Crippen LogP contribution in [0.4, 0.5) is 0 Å². The van der Waals surface area contributed by atoms with Crippen molar-refractivity contribution >= 4 is 38.2 Å². The molecule has 0 amide bonds. The second kappa shape index (κ2) is 3.32. The van der Waals surface area contributed by atoms with Gasteiger partial charge in [0.25, 0.3) is 0 Å². The van der Waals surface area contributed by atoms with Crippen molar-refractivity contribution in [1.29, 1.82) is 0 Å². The summed E-state index contributed by atoms with van der Waals surface area (Å²) in [7, 11) is 0. The molecule has 1 atom stereocenters. The first kappa shape index (κ1) is 9.05. The van der Waals surface area contributed by atoms with E-state index in [9.17, 15) is 4.55 Å². The molecule has 2 aromatic heterocycles. The highest BCUT2D eigenvalue weighted by atomic mass is 79.9. The van der Waals surface area contributed by atoms with Gasteiger partial charge in [-0.1, -0.05) is 0 Å². The van der Waals surface area contributed by atoms with E-state index in [0.717, 1.165) is 15.4 Å². The van der Waals surface area contributed by atoms with Crippen LogP contribution in [0.5, 0.6) is 0 Å². The maximum Gasteiger partial charge on any atom is 0.121 e. The lowest BCUT2D eigenvalue weighted by molar-refractivity contribution is 0.594. The van der Waals surface area contributed by atoms with E-state index >= 15 is 0 Å². The van der Waals surface area contributed by atoms with Crippen molar-refractivity contribution in [2.45, 2.75) is 0 Å². The summed E-state index contributed by atoms with van der Waals surface area (Å²) in [6.45, 7) is 0. The highest BCUT2D eigenvalue weighted by Crippen LogP contribution is 2.23. The smallest absolute Gasteiger partial charge is 0.121 e. The number of nitrogens with zero attached hydrogens (tertiary/aromatic N) is 2. The highest BCUT2D eigenvalue weighted by Gasteiger charge is 2.09. The molecule has 0 aliphatic heterocycles. The quantitative estimate of drug-likeness (QED) is 0.734. The number of pyridine rings is 1. The SMILES string of the molecule is C[S+]([O-])n1ccc2c(Br)cncc21. The molecular weight excluding hydrogens is 252 g/mol. The fraction of sp³-hybridized carbons (Fsp3) is 0.125. The Bertz CT molecular complexity index is 441. The molecule has 0 saturated heterocycles. The zero-order chi connectivity index (χ0) is 9.42. The molecule has 2 aromatic rings. The third-order valence-corrected chi connectivity index (χ3v) is 3.31. The van der Waals surface area contributed by atoms with Crippen LogP contribution in [-0.2, 0) is 11.4 Å². The van der Waals surface area contributed by atoms with E-state index in [1.807, 2.05) is 6.07 Å². The van der Waals surface area contributed by atoms with Crippen LogP contribution >= 0.6 is 15.9 Å². The molecule has 0 spiro atoms. The zero-order valence-corrected chi connectivity index (χ0v) is 9.30. The topological polar surface area (TPSA) is 40.9 Å². The minimum atomic E-state index is -1.02. The van der Waals surface area contributed by atoms with Gasteiger partial charge < -0.3 is 4.55 Å². The number of fused-ring (bicyclic) bond motifs is 1. The Kier molecular flexibility index (Phi) is 2.31. The van der Waals surface area contributed by atoms with Crippen molar-refractivity contribution in [3.8, 4) is 0 Å². The fourth-order valence-electron chi connectivity index (χ4n) is 1.22. The van der Waals surface area contributed by atoms with Crippen molar-refractivity contribution in [2.24, 2.45) is 0 Å². The van der Waals surface area contributed by atoms with E-state index in [4.69, 9.17) is 0 Å². The molecular formula is C8H7BrN2OS. The summed E-state index contributed by atoms with van der Waals surface area (Å²) in [5.41, 5.74) is 0.884. The van der Waals surface area contributed by atoms with Crippen molar-refractivity contribution in [1.82, 2.24) is 8.96 Å². The third-order valence-electron chi connectivity index (χ3n) is 1.81. The Labute approximate surface area is 87.2 Å². The van der Waals surface area contributed by atoms with Gasteiger partial charge in [-0.3, -0.25) is 4.98 Å². The van der Waals surface area contributed by atoms with Gasteiger partial charge in [0.1, 0.15) is 11.8 Å². The molecule has 5 heteroatoms. The van der Waals surface area contributed by atoms with E-state index in [1.54, 1.807) is 28.8 Å². The first-order valence-corrected chi connectivity index (χ1v) is 5.95. The number of rotatable bonds is 1. The molecule has 1 unspecified atom stereocenters. The first-order valence-electron chi connectivity index (χ1n) is 3.64. The molecule has 0 aliphatic rings. The molecule has 0 fully saturated rings. The lowest BCUT2D eigenvalue weighted by Gasteiger charge is -2.05. The van der Waals surface area contributed by atoms with Gasteiger partial charge in [0, 0.05) is 16.1 Å². The van der Waals surface area contributed by atoms with Gasteiger partial charge in [0.2, 0.25) is 0 Å². The zero-order valence-electron chi connectivity index (χ0n) is 6.90. The van der Waals surface area contributed by atoms with E-state index in [-0.39, 0.29) is 0 Å². The number of halogens is 1. The molecule has 2 rings (SSSR count). The Balaban J connectivity index is 2.75. The maximum absolute atomic E-state index is 11.3. The molecule has 68 valence electrons. The first-order chi connectivity index (χ1) is 6.20. The highest BCUT2D eigenvalue weighted by molar-refractivity contribution is 9.10. The lowest BCUT2D eigenvalue weighted by Crippen LogP contribution is -2.08. The third kappa shape index (κ3) is 1.47. The summed E-state index contributed by atoms with van der Waals surface area (Å²) in [5, 5.41) is 1.03. The standard InChI is InChI=1S/C8H7BrN2OS/c1-13(12)11-3-2-6-7(9)4-10-5-8(6)11/h2-5H,1H3. The summed E-state index contributed by atoms with van der Waals surface area (Å²) in [4.78, 5) is 4.03. The van der Waals surface area contributed by atoms with Crippen LogP contribution in [0.2, 0.25) is 0 Å². The van der Waals surface area contributed by atoms with E-state index in [2.05, 4.69) is 20.9 Å². The minimum absolute atomic E-state index is 0.884. The van der Waals surface area contributed by atoms with Gasteiger partial charge in [0.05, 0.1) is 23.8 Å². The molecule has 0 aromatic carbocycles. The van der Waals surface area contributed by atoms with Crippen molar-refractivity contribution in [3.05, 3.63) is 29.1 Å². The molecule has 2 heterocycles. The minimum Gasteiger partial charge on any atom is -0.593 e. The monoisotopic (exact) mass is 258 g/mol. The number of aromatic nitrogens is 2. The van der Waals surface area contributed by atoms with Crippen LogP contribution in [0, 0.1) is 0 Å². The van der Waals surface area contributed by atoms with Crippen molar-refractivity contribution < 1.29 is 4.55 Å². The average Bonchev–Trinajstić information content (AvgIpc) is 2.48. The van der Waals surface area contributed by atoms with Crippen LogP contribution in [-0.4, -0.2) is 19.8 Å². The Hall–Kier alpha value is -0.520. The van der Waals surface area contributed by atoms with E-state index < -0.39 is 11.4 Å². The van der Waals surface area contributed by atoms with Crippen LogP contribution < -0.4 is 0 Å². The number of hydrogen-bond donors (Lipinski definition) is 0. The van der Waals surface area contributed by atoms with Crippen LogP contribution in [0.15, 0.2) is 29.1 Å². The maximum atomic E-state index is 11.3. The van der Waals surface area contributed by atoms with Crippen molar-refractivity contribution in [2.75, 3.05) is 6.26 Å². The van der Waals surface area contributed by atoms with Crippen molar-refractivity contribution in [3.63, 3.8) is 0 Å². The van der Waals surface area contributed by atoms with Gasteiger partial charge >= 0.3 is 0 Å². The Morgan fingerprint density at radius 2 is 2.31 bits per heavy atom. The summed E-state index contributed by atoms with van der Waals surface area (Å²) in [6, 6.07) is 1.92. The molecule has 13 heavy (non-hydrogen) atoms. The van der Waals surface area contributed by atoms with Gasteiger partial charge in [-0.15, -0.1) is 0 Å². The summed E-state index contributed by atoms with van der Waals surface area (Å²) in [6.07, 6.45) is 6.88. The Morgan fingerprint density at radius 1 is 1.54 bits per heavy atom. The molecule has 0 aliphatic carbocycles. The normalized spacial score (nSPS) is 13.5. The summed E-state index contributed by atoms with van der Waals surface area (Å²) < 4.78 is 13.9. The van der Waals surface area contributed by atoms with Crippen LogP contribution in [0.25, 0.3) is 10.9 Å². The predicted molar refractivity (Wildman–Crippen MR) is 56.9 cm³/mol. The van der Waals surface area contributed by atoms with Gasteiger partial charge in [-0.05, 0) is 22.0 Å². The molecule has 0 N–H and O–H groups in total. The van der Waals surface area contributed by atoms with Gasteiger partial charge in [-0.2, -0.15) is 3.97 Å². The van der Waals surface area contributed by atoms with Crippen LogP contribution in [0.3, 0.4) is 0 Å². The molecule has 0 radical (unpaired) electrons. The molecule has 0 bridgehead atoms. The average molecular weight is 259 g/mol. The predicted octanol–water partition coefficient (Wildman–Crippen LogP) is 1.94. The van der Waals surface area contributed by atoms with E-state index in [0.29, 0.717) is 0 Å². The second-order valence-corrected chi connectivity index (χ2v) is 4.71. The molecule has 3 nitrogen and oxygen atoms in total. The van der Waals surface area contributed by atoms with Crippen LogP contribution in [0.1, 0.15) is 0 Å².